The molecule has 0 aliphatic heterocycles. The summed E-state index contributed by atoms with van der Waals surface area (Å²) in [5.74, 6) is 0.272. The average Bonchev–Trinajstić information content (AvgIpc) is 2.16. The summed E-state index contributed by atoms with van der Waals surface area (Å²) < 4.78 is 0. The van der Waals surface area contributed by atoms with Gasteiger partial charge in [0.15, 0.2) is 0 Å². The van der Waals surface area contributed by atoms with Gasteiger partial charge in [-0.2, -0.15) is 5.26 Å². The molecule has 0 radical (unpaired) electrons. The summed E-state index contributed by atoms with van der Waals surface area (Å²) in [4.78, 5) is 10.6. The smallest absolute Gasteiger partial charge is 0.150 e. The van der Waals surface area contributed by atoms with E-state index >= 15 is 0 Å². The monoisotopic (exact) mass is 173 g/mol. The maximum Gasteiger partial charge on any atom is 0.150 e. The maximum atomic E-state index is 10.6. The van der Waals surface area contributed by atoms with Crippen molar-refractivity contribution < 1.29 is 4.79 Å². The Hall–Kier alpha value is -1.62. The first-order valence-electron chi connectivity index (χ1n) is 4.18. The molecule has 0 aromatic heterocycles. The van der Waals surface area contributed by atoms with Gasteiger partial charge in [0.05, 0.1) is 11.6 Å². The molecule has 66 valence electrons. The van der Waals surface area contributed by atoms with Crippen LogP contribution in [0.1, 0.15) is 41.3 Å². The highest BCUT2D eigenvalue weighted by Crippen LogP contribution is 2.19. The Morgan fingerprint density at radius 1 is 1.46 bits per heavy atom. The van der Waals surface area contributed by atoms with Crippen LogP contribution in [0.4, 0.5) is 0 Å². The van der Waals surface area contributed by atoms with Crippen LogP contribution in [0.3, 0.4) is 0 Å². The van der Waals surface area contributed by atoms with Crippen LogP contribution in [-0.2, 0) is 0 Å². The first kappa shape index (κ1) is 9.47. The predicted octanol–water partition coefficient (Wildman–Crippen LogP) is 2.49. The lowest BCUT2D eigenvalue weighted by atomic mass is 9.96. The lowest BCUT2D eigenvalue weighted by Crippen LogP contribution is -1.95. The van der Waals surface area contributed by atoms with Crippen molar-refractivity contribution in [2.75, 3.05) is 0 Å². The topological polar surface area (TPSA) is 40.9 Å². The first-order valence-corrected chi connectivity index (χ1v) is 4.18. The van der Waals surface area contributed by atoms with Gasteiger partial charge in [0, 0.05) is 5.56 Å². The Morgan fingerprint density at radius 2 is 2.15 bits per heavy atom. The second-order valence-electron chi connectivity index (χ2n) is 3.23. The highest BCUT2D eigenvalue weighted by Gasteiger charge is 2.06. The van der Waals surface area contributed by atoms with E-state index in [9.17, 15) is 4.79 Å². The van der Waals surface area contributed by atoms with Gasteiger partial charge in [-0.1, -0.05) is 19.9 Å². The molecule has 2 nitrogen and oxygen atoms in total. The molecule has 2 heteroatoms. The minimum Gasteiger partial charge on any atom is -0.298 e. The molecule has 0 aliphatic carbocycles. The molecule has 0 fully saturated rings. The fourth-order valence-electron chi connectivity index (χ4n) is 1.25. The van der Waals surface area contributed by atoms with Gasteiger partial charge >= 0.3 is 0 Å². The van der Waals surface area contributed by atoms with Gasteiger partial charge < -0.3 is 0 Å². The molecule has 0 spiro atoms. The first-order chi connectivity index (χ1) is 6.19. The van der Waals surface area contributed by atoms with Crippen molar-refractivity contribution in [3.05, 3.63) is 34.9 Å². The van der Waals surface area contributed by atoms with Gasteiger partial charge in [-0.25, -0.2) is 0 Å². The normalized spacial score (nSPS) is 9.69. The van der Waals surface area contributed by atoms with Gasteiger partial charge in [0.1, 0.15) is 6.29 Å². The van der Waals surface area contributed by atoms with Crippen molar-refractivity contribution in [3.63, 3.8) is 0 Å². The molecule has 0 unspecified atom stereocenters. The highest BCUT2D eigenvalue weighted by molar-refractivity contribution is 5.78. The summed E-state index contributed by atoms with van der Waals surface area (Å²) in [6.07, 6.45) is 0.830. The summed E-state index contributed by atoms with van der Waals surface area (Å²) in [7, 11) is 0. The van der Waals surface area contributed by atoms with E-state index in [1.165, 1.54) is 0 Å². The van der Waals surface area contributed by atoms with Gasteiger partial charge in [-0.05, 0) is 23.6 Å². The van der Waals surface area contributed by atoms with Crippen molar-refractivity contribution in [2.24, 2.45) is 0 Å². The zero-order valence-corrected chi connectivity index (χ0v) is 7.74. The number of hydrogen-bond donors (Lipinski definition) is 0. The van der Waals surface area contributed by atoms with E-state index in [1.54, 1.807) is 18.2 Å². The number of carbonyl (C=O) groups excluding carboxylic acids is 1. The zero-order valence-electron chi connectivity index (χ0n) is 7.74. The Kier molecular flexibility index (Phi) is 2.81. The van der Waals surface area contributed by atoms with Crippen molar-refractivity contribution in [1.82, 2.24) is 0 Å². The number of aldehydes is 1. The summed E-state index contributed by atoms with van der Waals surface area (Å²) >= 11 is 0. The van der Waals surface area contributed by atoms with Crippen LogP contribution < -0.4 is 0 Å². The van der Waals surface area contributed by atoms with Crippen molar-refractivity contribution >= 4 is 6.29 Å². The lowest BCUT2D eigenvalue weighted by Gasteiger charge is -2.07. The molecular formula is C11H11NO. The largest absolute Gasteiger partial charge is 0.298 e. The van der Waals surface area contributed by atoms with E-state index in [1.807, 2.05) is 13.8 Å². The van der Waals surface area contributed by atoms with Crippen molar-refractivity contribution in [1.29, 1.82) is 5.26 Å². The summed E-state index contributed by atoms with van der Waals surface area (Å²) in [6, 6.07) is 7.19. The molecule has 0 aliphatic rings. The SMILES string of the molecule is CC(C)c1cc(C#N)ccc1C=O. The Labute approximate surface area is 77.8 Å². The molecule has 1 aromatic rings. The third kappa shape index (κ3) is 1.94. The lowest BCUT2D eigenvalue weighted by molar-refractivity contribution is 0.112. The molecule has 0 saturated carbocycles. The molecule has 0 N–H and O–H groups in total. The number of nitriles is 1. The number of carbonyl (C=O) groups is 1. The van der Waals surface area contributed by atoms with Crippen molar-refractivity contribution in [2.45, 2.75) is 19.8 Å². The average molecular weight is 173 g/mol. The third-order valence-corrected chi connectivity index (χ3v) is 1.96. The molecule has 0 bridgehead atoms. The Morgan fingerprint density at radius 3 is 2.62 bits per heavy atom. The van der Waals surface area contributed by atoms with Gasteiger partial charge in [0.2, 0.25) is 0 Å². The van der Waals surface area contributed by atoms with Crippen LogP contribution in [0.25, 0.3) is 0 Å². The molecule has 1 aromatic carbocycles. The molecule has 0 saturated heterocycles. The predicted molar refractivity (Wildman–Crippen MR) is 50.6 cm³/mol. The Bertz CT molecular complexity index is 361. The van der Waals surface area contributed by atoms with E-state index in [-0.39, 0.29) is 5.92 Å². The Balaban J connectivity index is 3.27. The molecule has 0 atom stereocenters. The van der Waals surface area contributed by atoms with E-state index in [4.69, 9.17) is 5.26 Å². The van der Waals surface area contributed by atoms with E-state index < -0.39 is 0 Å². The number of hydrogen-bond acceptors (Lipinski definition) is 2. The van der Waals surface area contributed by atoms with Gasteiger partial charge in [-0.15, -0.1) is 0 Å². The van der Waals surface area contributed by atoms with E-state index in [0.29, 0.717) is 11.1 Å². The molecular weight excluding hydrogens is 162 g/mol. The van der Waals surface area contributed by atoms with E-state index in [2.05, 4.69) is 6.07 Å². The van der Waals surface area contributed by atoms with Gasteiger partial charge in [-0.3, -0.25) is 4.79 Å². The fourth-order valence-corrected chi connectivity index (χ4v) is 1.25. The van der Waals surface area contributed by atoms with Crippen LogP contribution >= 0.6 is 0 Å². The van der Waals surface area contributed by atoms with Crippen LogP contribution in [0.5, 0.6) is 0 Å². The van der Waals surface area contributed by atoms with E-state index in [0.717, 1.165) is 11.8 Å². The fraction of sp³-hybridized carbons (Fsp3) is 0.273. The van der Waals surface area contributed by atoms with Crippen LogP contribution in [0.15, 0.2) is 18.2 Å². The number of nitrogens with zero attached hydrogens (tertiary/aromatic N) is 1. The van der Waals surface area contributed by atoms with Crippen LogP contribution in [0, 0.1) is 11.3 Å². The minimum atomic E-state index is 0.272. The van der Waals surface area contributed by atoms with Crippen LogP contribution in [-0.4, -0.2) is 6.29 Å². The minimum absolute atomic E-state index is 0.272. The van der Waals surface area contributed by atoms with Gasteiger partial charge in [0.25, 0.3) is 0 Å². The second kappa shape index (κ2) is 3.86. The summed E-state index contributed by atoms with van der Waals surface area (Å²) in [5, 5.41) is 8.67. The van der Waals surface area contributed by atoms with Crippen molar-refractivity contribution in [3.8, 4) is 6.07 Å². The highest BCUT2D eigenvalue weighted by atomic mass is 16.1. The zero-order chi connectivity index (χ0) is 9.84. The molecule has 1 rings (SSSR count). The number of benzene rings is 1. The summed E-state index contributed by atoms with van der Waals surface area (Å²) in [5.41, 5.74) is 2.22. The summed E-state index contributed by atoms with van der Waals surface area (Å²) in [6.45, 7) is 4.01. The maximum absolute atomic E-state index is 10.6. The van der Waals surface area contributed by atoms with Crippen LogP contribution in [0.2, 0.25) is 0 Å². The standard InChI is InChI=1S/C11H11NO/c1-8(2)11-5-9(6-12)3-4-10(11)7-13/h3-5,7-8H,1-2H3. The molecule has 13 heavy (non-hydrogen) atoms. The second-order valence-corrected chi connectivity index (χ2v) is 3.23. The third-order valence-electron chi connectivity index (χ3n) is 1.96. The molecule has 0 amide bonds. The molecule has 0 heterocycles. The number of rotatable bonds is 2. The quantitative estimate of drug-likeness (QED) is 0.644.